The molecule has 198 valence electrons. The van der Waals surface area contributed by atoms with Gasteiger partial charge in [-0.1, -0.05) is 19.1 Å². The van der Waals surface area contributed by atoms with Gasteiger partial charge in [0.15, 0.2) is 11.5 Å². The van der Waals surface area contributed by atoms with Gasteiger partial charge in [-0.25, -0.2) is 22.5 Å². The predicted molar refractivity (Wildman–Crippen MR) is 121 cm³/mol. The molecule has 1 saturated heterocycles. The summed E-state index contributed by atoms with van der Waals surface area (Å²) in [6.45, 7) is 13.9. The molecule has 1 aliphatic heterocycles. The lowest BCUT2D eigenvalue weighted by atomic mass is 10.0. The summed E-state index contributed by atoms with van der Waals surface area (Å²) in [5.41, 5.74) is -4.55. The minimum atomic E-state index is -4.80. The van der Waals surface area contributed by atoms with E-state index in [0.29, 0.717) is 28.9 Å². The molecule has 0 saturated carbocycles. The monoisotopic (exact) mass is 543 g/mol. The molecule has 0 radical (unpaired) electrons. The number of sulfonamides is 1. The Labute approximate surface area is 210 Å². The number of ether oxygens (including phenoxy) is 2. The van der Waals surface area contributed by atoms with Crippen molar-refractivity contribution in [1.29, 1.82) is 0 Å². The number of benzene rings is 2. The maximum absolute atomic E-state index is 14.3. The third kappa shape index (κ3) is 5.62. The van der Waals surface area contributed by atoms with Gasteiger partial charge in [0, 0.05) is 18.2 Å². The highest BCUT2D eigenvalue weighted by atomic mass is 32.2. The molecule has 1 fully saturated rings. The number of alkyl halides is 3. The molecule has 2 aromatic carbocycles. The zero-order valence-corrected chi connectivity index (χ0v) is 20.1. The summed E-state index contributed by atoms with van der Waals surface area (Å²) in [4.78, 5) is 5.22. The van der Waals surface area contributed by atoms with Crippen LogP contribution >= 0.6 is 0 Å². The first-order chi connectivity index (χ1) is 17.3. The molecule has 1 aliphatic rings. The van der Waals surface area contributed by atoms with Crippen molar-refractivity contribution in [3.63, 3.8) is 0 Å². The van der Waals surface area contributed by atoms with Crippen LogP contribution in [0.5, 0.6) is 11.5 Å². The summed E-state index contributed by atoms with van der Waals surface area (Å²) in [7, 11) is -4.64. The molecule has 2 N–H and O–H groups in total. The smallest absolute Gasteiger partial charge is 0.415 e. The largest absolute Gasteiger partial charge is 0.491 e. The minimum absolute atomic E-state index is 0.0473. The summed E-state index contributed by atoms with van der Waals surface area (Å²) in [6, 6.07) is 3.48. The Balaban J connectivity index is 1.98. The summed E-state index contributed by atoms with van der Waals surface area (Å²) >= 11 is 0. The molecule has 0 amide bonds. The molecular formula is C23H21F4N3O6S. The van der Waals surface area contributed by atoms with Crippen LogP contribution in [0.4, 0.5) is 28.9 Å². The zero-order chi connectivity index (χ0) is 27.6. The van der Waals surface area contributed by atoms with E-state index in [2.05, 4.69) is 9.69 Å². The third-order valence-corrected chi connectivity index (χ3v) is 7.44. The Morgan fingerprint density at radius 2 is 1.84 bits per heavy atom. The summed E-state index contributed by atoms with van der Waals surface area (Å²) in [6.07, 6.45) is -5.72. The number of hydrogen-bond acceptors (Lipinski definition) is 6. The van der Waals surface area contributed by atoms with E-state index in [4.69, 9.17) is 22.6 Å². The SMILES string of the molecule is [C-]#[N+]c1cc(OCCC)c(O[C@H]2CN(S(=O)(=O)c3ccc(C(F)(F)F)cc3[N+]#[C-])C[C@@]2(O)CO)cc1F. The van der Waals surface area contributed by atoms with Crippen LogP contribution in [0.1, 0.15) is 18.9 Å². The molecule has 0 spiro atoms. The van der Waals surface area contributed by atoms with E-state index in [1.54, 1.807) is 6.92 Å². The van der Waals surface area contributed by atoms with Gasteiger partial charge >= 0.3 is 6.18 Å². The fourth-order valence-corrected chi connectivity index (χ4v) is 5.24. The molecule has 14 heteroatoms. The predicted octanol–water partition coefficient (Wildman–Crippen LogP) is 3.91. The lowest BCUT2D eigenvalue weighted by Crippen LogP contribution is -2.48. The fourth-order valence-electron chi connectivity index (χ4n) is 3.63. The van der Waals surface area contributed by atoms with Crippen LogP contribution in [0.25, 0.3) is 9.69 Å². The average molecular weight is 543 g/mol. The molecular weight excluding hydrogens is 522 g/mol. The van der Waals surface area contributed by atoms with Gasteiger partial charge < -0.3 is 19.7 Å². The van der Waals surface area contributed by atoms with Crippen molar-refractivity contribution in [2.45, 2.75) is 36.1 Å². The number of β-amino-alcohol motifs (C(OH)–C–C–N with tert-alkyl or cyclic N) is 1. The van der Waals surface area contributed by atoms with Crippen molar-refractivity contribution >= 4 is 21.4 Å². The highest BCUT2D eigenvalue weighted by Crippen LogP contribution is 2.40. The second-order valence-corrected chi connectivity index (χ2v) is 10.1. The Hall–Kier alpha value is -3.43. The first-order valence-corrected chi connectivity index (χ1v) is 12.2. The molecule has 0 bridgehead atoms. The van der Waals surface area contributed by atoms with Crippen LogP contribution in [0.2, 0.25) is 0 Å². The van der Waals surface area contributed by atoms with E-state index < -0.39 is 69.6 Å². The highest BCUT2D eigenvalue weighted by Gasteiger charge is 2.51. The van der Waals surface area contributed by atoms with E-state index in [0.717, 1.165) is 12.1 Å². The summed E-state index contributed by atoms with van der Waals surface area (Å²) < 4.78 is 91.7. The maximum Gasteiger partial charge on any atom is 0.415 e. The van der Waals surface area contributed by atoms with Crippen LogP contribution in [-0.2, 0) is 16.2 Å². The Morgan fingerprint density at radius 1 is 1.16 bits per heavy atom. The van der Waals surface area contributed by atoms with Gasteiger partial charge in [0.25, 0.3) is 0 Å². The van der Waals surface area contributed by atoms with Crippen LogP contribution in [0, 0.1) is 19.0 Å². The van der Waals surface area contributed by atoms with Gasteiger partial charge in [0.05, 0.1) is 37.8 Å². The van der Waals surface area contributed by atoms with Crippen LogP contribution in [0.15, 0.2) is 35.2 Å². The second kappa shape index (κ2) is 10.5. The van der Waals surface area contributed by atoms with Crippen molar-refractivity contribution < 1.29 is 45.7 Å². The molecule has 2 aromatic rings. The maximum atomic E-state index is 14.3. The second-order valence-electron chi connectivity index (χ2n) is 8.17. The number of halogens is 4. The van der Waals surface area contributed by atoms with E-state index >= 15 is 0 Å². The third-order valence-electron chi connectivity index (χ3n) is 5.58. The van der Waals surface area contributed by atoms with Gasteiger partial charge in [-0.05, 0) is 18.6 Å². The van der Waals surface area contributed by atoms with E-state index in [9.17, 15) is 36.2 Å². The number of nitrogens with zero attached hydrogens (tertiary/aromatic N) is 3. The van der Waals surface area contributed by atoms with Gasteiger partial charge in [0.1, 0.15) is 17.5 Å². The molecule has 0 aliphatic carbocycles. The fraction of sp³-hybridized carbons (Fsp3) is 0.391. The topological polar surface area (TPSA) is 105 Å². The van der Waals surface area contributed by atoms with Crippen LogP contribution in [0.3, 0.4) is 0 Å². The van der Waals surface area contributed by atoms with Gasteiger partial charge in [0.2, 0.25) is 21.4 Å². The first kappa shape index (κ1) is 28.1. The normalized spacial score (nSPS) is 20.3. The minimum Gasteiger partial charge on any atom is -0.491 e. The molecule has 9 nitrogen and oxygen atoms in total. The Morgan fingerprint density at radius 3 is 2.41 bits per heavy atom. The molecule has 3 rings (SSSR count). The van der Waals surface area contributed by atoms with Crippen molar-refractivity contribution in [2.24, 2.45) is 0 Å². The van der Waals surface area contributed by atoms with Crippen LogP contribution < -0.4 is 9.47 Å². The molecule has 0 unspecified atom stereocenters. The van der Waals surface area contributed by atoms with Crippen molar-refractivity contribution in [2.75, 3.05) is 26.3 Å². The summed E-state index contributed by atoms with van der Waals surface area (Å²) in [5.74, 6) is -1.27. The highest BCUT2D eigenvalue weighted by molar-refractivity contribution is 7.89. The Bertz CT molecular complexity index is 1370. The van der Waals surface area contributed by atoms with Gasteiger partial charge in [-0.15, -0.1) is 0 Å². The molecule has 1 heterocycles. The molecule has 2 atom stereocenters. The lowest BCUT2D eigenvalue weighted by molar-refractivity contribution is -0.137. The summed E-state index contributed by atoms with van der Waals surface area (Å²) in [5, 5.41) is 20.8. The van der Waals surface area contributed by atoms with Crippen molar-refractivity contribution in [3.05, 3.63) is 64.5 Å². The van der Waals surface area contributed by atoms with Crippen LogP contribution in [-0.4, -0.2) is 60.9 Å². The van der Waals surface area contributed by atoms with Gasteiger partial charge in [-0.2, -0.15) is 17.5 Å². The number of aliphatic hydroxyl groups is 2. The van der Waals surface area contributed by atoms with E-state index in [-0.39, 0.29) is 23.8 Å². The first-order valence-electron chi connectivity index (χ1n) is 10.7. The standard InChI is InChI=1S/C23H21F4N3O6S/c1-4-7-35-18-10-16(28-2)15(24)9-19(18)36-21-11-30(12-22(21,32)13-31)37(33,34)20-6-5-14(23(25,26)27)8-17(20)29-3/h5-6,8-10,21,31-32H,4,7,11-13H2,1H3/t21-,22+/m0/s1. The zero-order valence-electron chi connectivity index (χ0n) is 19.3. The van der Waals surface area contributed by atoms with Gasteiger partial charge in [-0.3, -0.25) is 0 Å². The molecule has 37 heavy (non-hydrogen) atoms. The number of rotatable bonds is 8. The Kier molecular flexibility index (Phi) is 8.00. The van der Waals surface area contributed by atoms with E-state index in [1.807, 2.05) is 0 Å². The quantitative estimate of drug-likeness (QED) is 0.387. The van der Waals surface area contributed by atoms with E-state index in [1.165, 1.54) is 0 Å². The number of aliphatic hydroxyl groups excluding tert-OH is 1. The average Bonchev–Trinajstić information content (AvgIpc) is 3.19. The lowest BCUT2D eigenvalue weighted by Gasteiger charge is -2.28. The van der Waals surface area contributed by atoms with Crippen molar-refractivity contribution in [1.82, 2.24) is 4.31 Å². The van der Waals surface area contributed by atoms with Crippen molar-refractivity contribution in [3.8, 4) is 11.5 Å². The number of hydrogen-bond donors (Lipinski definition) is 2. The molecule has 0 aromatic heterocycles.